The summed E-state index contributed by atoms with van der Waals surface area (Å²) in [6, 6.07) is 0.539. The number of ether oxygens (including phenoxy) is 1. The first kappa shape index (κ1) is 15.8. The Morgan fingerprint density at radius 1 is 1.05 bits per heavy atom. The molecule has 0 aromatic carbocycles. The largest absolute Gasteiger partial charge is 0.394 e. The molecule has 2 N–H and O–H groups in total. The molecule has 3 rings (SSSR count). The van der Waals surface area contributed by atoms with Gasteiger partial charge in [0, 0.05) is 18.2 Å². The molecule has 0 aromatic rings. The van der Waals surface area contributed by atoms with Crippen molar-refractivity contribution >= 4 is 0 Å². The van der Waals surface area contributed by atoms with E-state index in [1.54, 1.807) is 0 Å². The van der Waals surface area contributed by atoms with Gasteiger partial charge in [-0.2, -0.15) is 0 Å². The fraction of sp³-hybridized carbons (Fsp3) is 1.00. The Labute approximate surface area is 129 Å². The van der Waals surface area contributed by atoms with Crippen molar-refractivity contribution in [2.75, 3.05) is 13.2 Å². The standard InChI is InChI=1S/C18H33NO2/c1-15-5-10-17(14-20,11-6-15)19-16-7-12-21-18(13-16)8-3-2-4-9-18/h15-16,19-20H,2-14H2,1H3. The first-order valence-electron chi connectivity index (χ1n) is 9.18. The van der Waals surface area contributed by atoms with Crippen LogP contribution in [0.4, 0.5) is 0 Å². The maximum Gasteiger partial charge on any atom is 0.0697 e. The Bertz CT molecular complexity index is 325. The molecule has 1 aliphatic heterocycles. The second-order valence-electron chi connectivity index (χ2n) is 8.05. The van der Waals surface area contributed by atoms with Crippen LogP contribution < -0.4 is 5.32 Å². The van der Waals surface area contributed by atoms with E-state index in [0.717, 1.165) is 38.2 Å². The Hall–Kier alpha value is -0.120. The average molecular weight is 295 g/mol. The minimum absolute atomic E-state index is 0.00955. The highest BCUT2D eigenvalue weighted by molar-refractivity contribution is 4.98. The minimum Gasteiger partial charge on any atom is -0.394 e. The zero-order valence-electron chi connectivity index (χ0n) is 13.7. The second kappa shape index (κ2) is 6.55. The number of rotatable bonds is 3. The van der Waals surface area contributed by atoms with Crippen LogP contribution in [0.1, 0.15) is 77.6 Å². The lowest BCUT2D eigenvalue weighted by atomic mass is 9.74. The van der Waals surface area contributed by atoms with Gasteiger partial charge in [-0.05, 0) is 57.3 Å². The van der Waals surface area contributed by atoms with E-state index < -0.39 is 0 Å². The van der Waals surface area contributed by atoms with E-state index in [4.69, 9.17) is 4.74 Å². The topological polar surface area (TPSA) is 41.5 Å². The van der Waals surface area contributed by atoms with Crippen molar-refractivity contribution in [3.8, 4) is 0 Å². The molecule has 3 fully saturated rings. The smallest absolute Gasteiger partial charge is 0.0697 e. The molecule has 1 heterocycles. The lowest BCUT2D eigenvalue weighted by Crippen LogP contribution is -2.58. The highest BCUT2D eigenvalue weighted by Crippen LogP contribution is 2.40. The summed E-state index contributed by atoms with van der Waals surface area (Å²) in [4.78, 5) is 0. The van der Waals surface area contributed by atoms with Gasteiger partial charge in [0.05, 0.1) is 12.2 Å². The molecular formula is C18H33NO2. The number of hydrogen-bond acceptors (Lipinski definition) is 3. The third-order valence-corrected chi connectivity index (χ3v) is 6.30. The van der Waals surface area contributed by atoms with Crippen molar-refractivity contribution in [3.63, 3.8) is 0 Å². The molecule has 2 aliphatic carbocycles. The summed E-state index contributed by atoms with van der Waals surface area (Å²) in [7, 11) is 0. The molecule has 1 saturated heterocycles. The van der Waals surface area contributed by atoms with Crippen molar-refractivity contribution in [1.82, 2.24) is 5.32 Å². The summed E-state index contributed by atoms with van der Waals surface area (Å²) in [5.41, 5.74) is 0.150. The van der Waals surface area contributed by atoms with Crippen LogP contribution in [0.15, 0.2) is 0 Å². The molecule has 0 aromatic heterocycles. The van der Waals surface area contributed by atoms with Crippen LogP contribution in [0.25, 0.3) is 0 Å². The van der Waals surface area contributed by atoms with Crippen molar-refractivity contribution < 1.29 is 9.84 Å². The molecule has 0 amide bonds. The van der Waals surface area contributed by atoms with Gasteiger partial charge in [-0.3, -0.25) is 0 Å². The summed E-state index contributed by atoms with van der Waals surface area (Å²) in [6.07, 6.45) is 13.6. The first-order valence-corrected chi connectivity index (χ1v) is 9.18. The summed E-state index contributed by atoms with van der Waals surface area (Å²) in [5.74, 6) is 0.825. The molecule has 1 unspecified atom stereocenters. The fourth-order valence-electron chi connectivity index (χ4n) is 4.79. The van der Waals surface area contributed by atoms with E-state index in [-0.39, 0.29) is 11.1 Å². The van der Waals surface area contributed by atoms with Crippen LogP contribution in [0, 0.1) is 5.92 Å². The third kappa shape index (κ3) is 3.62. The summed E-state index contributed by atoms with van der Waals surface area (Å²) < 4.78 is 6.21. The van der Waals surface area contributed by atoms with Gasteiger partial charge in [-0.15, -0.1) is 0 Å². The predicted molar refractivity (Wildman–Crippen MR) is 85.4 cm³/mol. The summed E-state index contributed by atoms with van der Waals surface area (Å²) >= 11 is 0. The van der Waals surface area contributed by atoms with E-state index in [9.17, 15) is 5.11 Å². The molecule has 1 spiro atoms. The third-order valence-electron chi connectivity index (χ3n) is 6.30. The SMILES string of the molecule is CC1CCC(CO)(NC2CCOC3(CCCCC3)C2)CC1. The van der Waals surface area contributed by atoms with Gasteiger partial charge in [0.25, 0.3) is 0 Å². The van der Waals surface area contributed by atoms with Gasteiger partial charge in [0.15, 0.2) is 0 Å². The number of nitrogens with one attached hydrogen (secondary N) is 1. The van der Waals surface area contributed by atoms with E-state index in [1.807, 2.05) is 0 Å². The fourth-order valence-corrected chi connectivity index (χ4v) is 4.79. The van der Waals surface area contributed by atoms with Gasteiger partial charge in [0.2, 0.25) is 0 Å². The molecule has 122 valence electrons. The maximum absolute atomic E-state index is 9.97. The lowest BCUT2D eigenvalue weighted by molar-refractivity contribution is -0.113. The van der Waals surface area contributed by atoms with Crippen LogP contribution in [0.3, 0.4) is 0 Å². The molecule has 21 heavy (non-hydrogen) atoms. The minimum atomic E-state index is -0.00955. The van der Waals surface area contributed by atoms with Gasteiger partial charge >= 0.3 is 0 Å². The summed E-state index contributed by atoms with van der Waals surface area (Å²) in [5, 5.41) is 13.8. The Kier molecular flexibility index (Phi) is 4.92. The van der Waals surface area contributed by atoms with Crippen LogP contribution in [-0.2, 0) is 4.74 Å². The monoisotopic (exact) mass is 295 g/mol. The van der Waals surface area contributed by atoms with Crippen LogP contribution in [0.2, 0.25) is 0 Å². The molecule has 1 atom stereocenters. The predicted octanol–water partition coefficient (Wildman–Crippen LogP) is 3.40. The van der Waals surface area contributed by atoms with Gasteiger partial charge in [-0.1, -0.05) is 26.2 Å². The van der Waals surface area contributed by atoms with E-state index in [2.05, 4.69) is 12.2 Å². The molecule has 3 nitrogen and oxygen atoms in total. The van der Waals surface area contributed by atoms with Crippen LogP contribution in [0.5, 0.6) is 0 Å². The molecule has 3 heteroatoms. The molecule has 3 aliphatic rings. The van der Waals surface area contributed by atoms with Crippen molar-refractivity contribution in [1.29, 1.82) is 0 Å². The van der Waals surface area contributed by atoms with E-state index in [1.165, 1.54) is 44.9 Å². The number of aliphatic hydroxyl groups is 1. The molecular weight excluding hydrogens is 262 g/mol. The van der Waals surface area contributed by atoms with Crippen LogP contribution >= 0.6 is 0 Å². The quantitative estimate of drug-likeness (QED) is 0.838. The second-order valence-corrected chi connectivity index (χ2v) is 8.05. The van der Waals surface area contributed by atoms with Crippen molar-refractivity contribution in [2.45, 2.75) is 94.7 Å². The van der Waals surface area contributed by atoms with Crippen molar-refractivity contribution in [2.24, 2.45) is 5.92 Å². The molecule has 0 bridgehead atoms. The van der Waals surface area contributed by atoms with E-state index >= 15 is 0 Å². The lowest BCUT2D eigenvalue weighted by Gasteiger charge is -2.48. The van der Waals surface area contributed by atoms with Gasteiger partial charge in [0.1, 0.15) is 0 Å². The highest BCUT2D eigenvalue weighted by Gasteiger charge is 2.42. The maximum atomic E-state index is 9.97. The Morgan fingerprint density at radius 3 is 2.43 bits per heavy atom. The molecule has 0 radical (unpaired) electrons. The first-order chi connectivity index (χ1) is 10.2. The average Bonchev–Trinajstić information content (AvgIpc) is 2.51. The Morgan fingerprint density at radius 2 is 1.76 bits per heavy atom. The normalized spacial score (nSPS) is 40.3. The van der Waals surface area contributed by atoms with Gasteiger partial charge in [-0.25, -0.2) is 0 Å². The summed E-state index contributed by atoms with van der Waals surface area (Å²) in [6.45, 7) is 3.53. The zero-order chi connectivity index (χ0) is 14.8. The Balaban J connectivity index is 1.60. The zero-order valence-corrected chi connectivity index (χ0v) is 13.7. The highest BCUT2D eigenvalue weighted by atomic mass is 16.5. The van der Waals surface area contributed by atoms with Gasteiger partial charge < -0.3 is 15.2 Å². The van der Waals surface area contributed by atoms with E-state index in [0.29, 0.717) is 12.6 Å². The molecule has 2 saturated carbocycles. The van der Waals surface area contributed by atoms with Crippen molar-refractivity contribution in [3.05, 3.63) is 0 Å². The van der Waals surface area contributed by atoms with Crippen LogP contribution in [-0.4, -0.2) is 35.5 Å². The number of hydrogen-bond donors (Lipinski definition) is 2. The number of aliphatic hydroxyl groups excluding tert-OH is 1.